The van der Waals surface area contributed by atoms with E-state index < -0.39 is 0 Å². The monoisotopic (exact) mass is 466 g/mol. The molecule has 0 atom stereocenters. The fourth-order valence-corrected chi connectivity index (χ4v) is 4.77. The highest BCUT2D eigenvalue weighted by Gasteiger charge is 2.18. The van der Waals surface area contributed by atoms with Crippen molar-refractivity contribution in [1.82, 2.24) is 20.0 Å². The zero-order chi connectivity index (χ0) is 24.0. The fourth-order valence-electron chi connectivity index (χ4n) is 4.77. The number of nitrogens with one attached hydrogen (secondary N) is 1. The maximum Gasteiger partial charge on any atom is 0.274 e. The molecule has 2 heterocycles. The van der Waals surface area contributed by atoms with Crippen LogP contribution in [0.1, 0.15) is 46.4 Å². The van der Waals surface area contributed by atoms with Gasteiger partial charge in [0.1, 0.15) is 0 Å². The normalized spacial score (nSPS) is 14.2. The number of hydrogen-bond acceptors (Lipinski definition) is 4. The van der Waals surface area contributed by atoms with E-state index in [2.05, 4.69) is 33.5 Å². The van der Waals surface area contributed by atoms with Crippen LogP contribution < -0.4 is 10.9 Å². The molecule has 1 aliphatic rings. The quantitative estimate of drug-likeness (QED) is 0.440. The Kier molecular flexibility index (Phi) is 7.00. The topological polar surface area (TPSA) is 67.2 Å². The largest absolute Gasteiger partial charge is 0.347 e. The number of benzene rings is 3. The van der Waals surface area contributed by atoms with E-state index in [-0.39, 0.29) is 17.2 Å². The second kappa shape index (κ2) is 10.7. The van der Waals surface area contributed by atoms with Crippen LogP contribution in [-0.2, 0) is 19.6 Å². The van der Waals surface area contributed by atoms with Crippen molar-refractivity contribution in [2.45, 2.75) is 38.9 Å². The lowest BCUT2D eigenvalue weighted by Gasteiger charge is -2.27. The van der Waals surface area contributed by atoms with Crippen LogP contribution in [-0.4, -0.2) is 33.7 Å². The summed E-state index contributed by atoms with van der Waals surface area (Å²) in [5, 5.41) is 8.63. The highest BCUT2D eigenvalue weighted by Crippen LogP contribution is 2.17. The lowest BCUT2D eigenvalue weighted by atomic mass is 10.0. The van der Waals surface area contributed by atoms with Crippen LogP contribution in [0, 0.1) is 0 Å². The number of nitrogens with zero attached hydrogens (tertiary/aromatic N) is 3. The van der Waals surface area contributed by atoms with Crippen LogP contribution in [0.5, 0.6) is 0 Å². The third kappa shape index (κ3) is 5.33. The minimum atomic E-state index is -0.282. The summed E-state index contributed by atoms with van der Waals surface area (Å²) in [6, 6.07) is 25.1. The van der Waals surface area contributed by atoms with E-state index in [1.54, 1.807) is 12.1 Å². The first-order valence-corrected chi connectivity index (χ1v) is 12.3. The average Bonchev–Trinajstić information content (AvgIpc) is 2.91. The molecule has 0 spiro atoms. The molecule has 0 radical (unpaired) electrons. The molecule has 35 heavy (non-hydrogen) atoms. The first kappa shape index (κ1) is 23.0. The van der Waals surface area contributed by atoms with E-state index in [4.69, 9.17) is 0 Å². The number of rotatable bonds is 7. The Labute approximate surface area is 205 Å². The van der Waals surface area contributed by atoms with Crippen molar-refractivity contribution in [2.24, 2.45) is 0 Å². The summed E-state index contributed by atoms with van der Waals surface area (Å²) in [5.41, 5.74) is 3.36. The van der Waals surface area contributed by atoms with Gasteiger partial charge in [-0.3, -0.25) is 14.5 Å². The molecule has 1 N–H and O–H groups in total. The number of carbonyl (C=O) groups excluding carboxylic acids is 1. The van der Waals surface area contributed by atoms with E-state index in [1.807, 2.05) is 48.5 Å². The highest BCUT2D eigenvalue weighted by atomic mass is 16.2. The maximum atomic E-state index is 13.3. The summed E-state index contributed by atoms with van der Waals surface area (Å²) in [6.07, 6.45) is 3.80. The Morgan fingerprint density at radius 3 is 2.20 bits per heavy atom. The second-order valence-electron chi connectivity index (χ2n) is 9.13. The number of fused-ring (bicyclic) bond motifs is 1. The molecule has 3 aromatic carbocycles. The molecule has 178 valence electrons. The summed E-state index contributed by atoms with van der Waals surface area (Å²) < 4.78 is 1.39. The SMILES string of the molecule is O=C(NCc1ccccc1CN1CCCCC1)c1nn(Cc2ccccc2)c(=O)c2ccccc12. The molecule has 1 amide bonds. The summed E-state index contributed by atoms with van der Waals surface area (Å²) in [5.74, 6) is -0.282. The zero-order valence-electron chi connectivity index (χ0n) is 19.8. The van der Waals surface area contributed by atoms with E-state index in [0.717, 1.165) is 30.8 Å². The predicted octanol–water partition coefficient (Wildman–Crippen LogP) is 4.36. The number of piperidine rings is 1. The van der Waals surface area contributed by atoms with Crippen molar-refractivity contribution in [1.29, 1.82) is 0 Å². The van der Waals surface area contributed by atoms with Crippen molar-refractivity contribution in [3.05, 3.63) is 112 Å². The third-order valence-corrected chi connectivity index (χ3v) is 6.66. The molecule has 6 nitrogen and oxygen atoms in total. The first-order valence-electron chi connectivity index (χ1n) is 12.3. The zero-order valence-corrected chi connectivity index (χ0v) is 19.8. The van der Waals surface area contributed by atoms with Gasteiger partial charge >= 0.3 is 0 Å². The van der Waals surface area contributed by atoms with Gasteiger partial charge in [-0.15, -0.1) is 0 Å². The van der Waals surface area contributed by atoms with Crippen molar-refractivity contribution in [3.8, 4) is 0 Å². The first-order chi connectivity index (χ1) is 17.2. The van der Waals surface area contributed by atoms with Crippen molar-refractivity contribution in [3.63, 3.8) is 0 Å². The minimum Gasteiger partial charge on any atom is -0.347 e. The lowest BCUT2D eigenvalue weighted by molar-refractivity contribution is 0.0945. The van der Waals surface area contributed by atoms with Gasteiger partial charge in [0.05, 0.1) is 11.9 Å². The molecule has 1 aromatic heterocycles. The highest BCUT2D eigenvalue weighted by molar-refractivity contribution is 6.04. The Hall–Kier alpha value is -3.77. The van der Waals surface area contributed by atoms with Gasteiger partial charge in [-0.1, -0.05) is 79.2 Å². The van der Waals surface area contributed by atoms with Gasteiger partial charge in [0.2, 0.25) is 0 Å². The van der Waals surface area contributed by atoms with Crippen molar-refractivity contribution < 1.29 is 4.79 Å². The van der Waals surface area contributed by atoms with Crippen LogP contribution in [0.3, 0.4) is 0 Å². The predicted molar refractivity (Wildman–Crippen MR) is 138 cm³/mol. The number of amides is 1. The van der Waals surface area contributed by atoms with Gasteiger partial charge in [-0.2, -0.15) is 5.10 Å². The average molecular weight is 467 g/mol. The van der Waals surface area contributed by atoms with Gasteiger partial charge in [-0.25, -0.2) is 4.68 Å². The molecule has 0 bridgehead atoms. The second-order valence-corrected chi connectivity index (χ2v) is 9.13. The van der Waals surface area contributed by atoms with Gasteiger partial charge in [0, 0.05) is 18.5 Å². The molecule has 0 unspecified atom stereocenters. The molecule has 5 rings (SSSR count). The molecule has 1 aliphatic heterocycles. The number of hydrogen-bond donors (Lipinski definition) is 1. The van der Waals surface area contributed by atoms with Crippen molar-refractivity contribution in [2.75, 3.05) is 13.1 Å². The fraction of sp³-hybridized carbons (Fsp3) is 0.276. The molecular formula is C29H30N4O2. The smallest absolute Gasteiger partial charge is 0.274 e. The van der Waals surface area contributed by atoms with E-state index in [1.165, 1.54) is 29.5 Å². The van der Waals surface area contributed by atoms with Crippen LogP contribution in [0.25, 0.3) is 10.8 Å². The van der Waals surface area contributed by atoms with E-state index in [0.29, 0.717) is 23.9 Å². The minimum absolute atomic E-state index is 0.201. The van der Waals surface area contributed by atoms with Crippen molar-refractivity contribution >= 4 is 16.7 Å². The summed E-state index contributed by atoms with van der Waals surface area (Å²) >= 11 is 0. The number of carbonyl (C=O) groups is 1. The Bertz CT molecular complexity index is 1370. The molecule has 6 heteroatoms. The summed E-state index contributed by atoms with van der Waals surface area (Å²) in [6.45, 7) is 3.87. The summed E-state index contributed by atoms with van der Waals surface area (Å²) in [4.78, 5) is 28.9. The lowest BCUT2D eigenvalue weighted by Crippen LogP contribution is -2.32. The standard InChI is InChI=1S/C29H30N4O2/c34-28(30-19-23-13-5-6-14-24(23)21-32-17-9-2-10-18-32)27-25-15-7-8-16-26(25)29(35)33(31-27)20-22-11-3-1-4-12-22/h1,3-8,11-16H,2,9-10,17-21H2,(H,30,34). The Morgan fingerprint density at radius 1 is 0.771 bits per heavy atom. The van der Waals surface area contributed by atoms with Crippen LogP contribution in [0.4, 0.5) is 0 Å². The molecule has 0 saturated carbocycles. The maximum absolute atomic E-state index is 13.3. The van der Waals surface area contributed by atoms with Gasteiger partial charge in [0.15, 0.2) is 5.69 Å². The molecule has 1 fully saturated rings. The van der Waals surface area contributed by atoms with Crippen LogP contribution >= 0.6 is 0 Å². The third-order valence-electron chi connectivity index (χ3n) is 6.66. The van der Waals surface area contributed by atoms with Gasteiger partial charge < -0.3 is 5.32 Å². The number of likely N-dealkylation sites (tertiary alicyclic amines) is 1. The van der Waals surface area contributed by atoms with E-state index >= 15 is 0 Å². The number of aromatic nitrogens is 2. The van der Waals surface area contributed by atoms with Crippen LogP contribution in [0.2, 0.25) is 0 Å². The molecule has 0 aliphatic carbocycles. The summed E-state index contributed by atoms with van der Waals surface area (Å²) in [7, 11) is 0. The van der Waals surface area contributed by atoms with Gasteiger partial charge in [-0.05, 0) is 48.7 Å². The van der Waals surface area contributed by atoms with Gasteiger partial charge in [0.25, 0.3) is 11.5 Å². The Balaban J connectivity index is 1.39. The molecule has 1 saturated heterocycles. The molecular weight excluding hydrogens is 436 g/mol. The van der Waals surface area contributed by atoms with Crippen LogP contribution in [0.15, 0.2) is 83.7 Å². The molecule has 4 aromatic rings. The Morgan fingerprint density at radius 2 is 1.43 bits per heavy atom. The van der Waals surface area contributed by atoms with E-state index in [9.17, 15) is 9.59 Å².